The van der Waals surface area contributed by atoms with E-state index in [4.69, 9.17) is 10.8 Å². The van der Waals surface area contributed by atoms with Gasteiger partial charge < -0.3 is 16.2 Å². The summed E-state index contributed by atoms with van der Waals surface area (Å²) in [5, 5.41) is 11.9. The van der Waals surface area contributed by atoms with Gasteiger partial charge in [-0.05, 0) is 30.0 Å². The molecule has 0 saturated carbocycles. The second kappa shape index (κ2) is 6.25. The number of carbonyl (C=O) groups excluding carboxylic acids is 1. The average molecular weight is 236 g/mol. The van der Waals surface area contributed by atoms with Crippen LogP contribution in [0.25, 0.3) is 0 Å². The molecule has 0 aliphatic heterocycles. The SMILES string of the molecule is CC(C)CNC(=O)[C@H](N)Cc1ccc(O)cc1. The summed E-state index contributed by atoms with van der Waals surface area (Å²) in [6.45, 7) is 4.71. The molecule has 1 aromatic carbocycles. The summed E-state index contributed by atoms with van der Waals surface area (Å²) in [6.07, 6.45) is 0.476. The first-order valence-electron chi connectivity index (χ1n) is 5.80. The normalized spacial score (nSPS) is 12.5. The summed E-state index contributed by atoms with van der Waals surface area (Å²) in [5.41, 5.74) is 6.74. The first-order chi connectivity index (χ1) is 7.99. The number of nitrogens with two attached hydrogens (primary N) is 1. The molecule has 17 heavy (non-hydrogen) atoms. The Morgan fingerprint density at radius 2 is 1.94 bits per heavy atom. The summed E-state index contributed by atoms with van der Waals surface area (Å²) in [7, 11) is 0. The van der Waals surface area contributed by atoms with E-state index in [1.165, 1.54) is 0 Å². The molecule has 0 heterocycles. The molecule has 0 aromatic heterocycles. The fraction of sp³-hybridized carbons (Fsp3) is 0.462. The van der Waals surface area contributed by atoms with E-state index in [2.05, 4.69) is 5.32 Å². The van der Waals surface area contributed by atoms with Gasteiger partial charge in [-0.25, -0.2) is 0 Å². The molecule has 0 bridgehead atoms. The molecular weight excluding hydrogens is 216 g/mol. The van der Waals surface area contributed by atoms with Gasteiger partial charge in [-0.15, -0.1) is 0 Å². The van der Waals surface area contributed by atoms with Gasteiger partial charge in [-0.3, -0.25) is 4.79 Å². The quantitative estimate of drug-likeness (QED) is 0.715. The summed E-state index contributed by atoms with van der Waals surface area (Å²) in [5.74, 6) is 0.498. The number of hydrogen-bond acceptors (Lipinski definition) is 3. The Morgan fingerprint density at radius 3 is 2.47 bits per heavy atom. The number of amides is 1. The number of phenolic OH excluding ortho intramolecular Hbond substituents is 1. The van der Waals surface area contributed by atoms with Gasteiger partial charge in [-0.2, -0.15) is 0 Å². The maximum absolute atomic E-state index is 11.6. The van der Waals surface area contributed by atoms with Crippen LogP contribution in [0.5, 0.6) is 5.75 Å². The van der Waals surface area contributed by atoms with Gasteiger partial charge in [0, 0.05) is 6.54 Å². The van der Waals surface area contributed by atoms with Gasteiger partial charge in [0.1, 0.15) is 5.75 Å². The molecule has 1 amide bonds. The van der Waals surface area contributed by atoms with Crippen molar-refractivity contribution < 1.29 is 9.90 Å². The average Bonchev–Trinajstić information content (AvgIpc) is 2.28. The van der Waals surface area contributed by atoms with Crippen LogP contribution in [0.2, 0.25) is 0 Å². The van der Waals surface area contributed by atoms with Crippen molar-refractivity contribution in [3.05, 3.63) is 29.8 Å². The monoisotopic (exact) mass is 236 g/mol. The highest BCUT2D eigenvalue weighted by molar-refractivity contribution is 5.81. The van der Waals surface area contributed by atoms with E-state index in [0.717, 1.165) is 5.56 Å². The summed E-state index contributed by atoms with van der Waals surface area (Å²) < 4.78 is 0. The third-order valence-corrected chi connectivity index (χ3v) is 2.41. The van der Waals surface area contributed by atoms with E-state index >= 15 is 0 Å². The van der Waals surface area contributed by atoms with Gasteiger partial charge in [-0.1, -0.05) is 26.0 Å². The lowest BCUT2D eigenvalue weighted by Crippen LogP contribution is -2.43. The molecule has 0 aliphatic carbocycles. The number of carbonyl (C=O) groups is 1. The minimum Gasteiger partial charge on any atom is -0.508 e. The zero-order valence-corrected chi connectivity index (χ0v) is 10.3. The second-order valence-corrected chi connectivity index (χ2v) is 4.62. The number of hydrogen-bond donors (Lipinski definition) is 3. The van der Waals surface area contributed by atoms with Crippen molar-refractivity contribution in [3.8, 4) is 5.75 Å². The van der Waals surface area contributed by atoms with Crippen LogP contribution in [0.1, 0.15) is 19.4 Å². The Kier molecular flexibility index (Phi) is 4.97. The van der Waals surface area contributed by atoms with E-state index in [1.54, 1.807) is 24.3 Å². The fourth-order valence-electron chi connectivity index (χ4n) is 1.41. The number of benzene rings is 1. The topological polar surface area (TPSA) is 75.4 Å². The molecule has 0 aliphatic rings. The third kappa shape index (κ3) is 4.87. The van der Waals surface area contributed by atoms with E-state index in [9.17, 15) is 4.79 Å². The van der Waals surface area contributed by atoms with Crippen LogP contribution in [0, 0.1) is 5.92 Å². The maximum atomic E-state index is 11.6. The van der Waals surface area contributed by atoms with Crippen molar-refractivity contribution in [3.63, 3.8) is 0 Å². The second-order valence-electron chi connectivity index (χ2n) is 4.62. The van der Waals surface area contributed by atoms with E-state index < -0.39 is 6.04 Å². The van der Waals surface area contributed by atoms with Gasteiger partial charge >= 0.3 is 0 Å². The molecule has 0 unspecified atom stereocenters. The standard InChI is InChI=1S/C13H20N2O2/c1-9(2)8-15-13(17)12(14)7-10-3-5-11(16)6-4-10/h3-6,9,12,16H,7-8,14H2,1-2H3,(H,15,17)/t12-/m1/s1. The van der Waals surface area contributed by atoms with Crippen LogP contribution in [0.3, 0.4) is 0 Å². The summed E-state index contributed by atoms with van der Waals surface area (Å²) in [6, 6.07) is 6.18. The first-order valence-corrected chi connectivity index (χ1v) is 5.80. The van der Waals surface area contributed by atoms with E-state index in [-0.39, 0.29) is 11.7 Å². The molecule has 1 atom stereocenters. The highest BCUT2D eigenvalue weighted by Crippen LogP contribution is 2.10. The van der Waals surface area contributed by atoms with Crippen LogP contribution < -0.4 is 11.1 Å². The van der Waals surface area contributed by atoms with Gasteiger partial charge in [0.15, 0.2) is 0 Å². The number of phenols is 1. The minimum absolute atomic E-state index is 0.133. The highest BCUT2D eigenvalue weighted by atomic mass is 16.3. The smallest absolute Gasteiger partial charge is 0.237 e. The molecule has 0 radical (unpaired) electrons. The highest BCUT2D eigenvalue weighted by Gasteiger charge is 2.13. The van der Waals surface area contributed by atoms with Gasteiger partial charge in [0.25, 0.3) is 0 Å². The first kappa shape index (κ1) is 13.5. The van der Waals surface area contributed by atoms with Crippen molar-refractivity contribution >= 4 is 5.91 Å². The molecule has 4 nitrogen and oxygen atoms in total. The molecule has 0 saturated heterocycles. The Balaban J connectivity index is 2.45. The maximum Gasteiger partial charge on any atom is 0.237 e. The summed E-state index contributed by atoms with van der Waals surface area (Å²) in [4.78, 5) is 11.6. The van der Waals surface area contributed by atoms with Crippen LogP contribution in [-0.2, 0) is 11.2 Å². The Hall–Kier alpha value is -1.55. The lowest BCUT2D eigenvalue weighted by Gasteiger charge is -2.13. The van der Waals surface area contributed by atoms with Crippen LogP contribution in [-0.4, -0.2) is 23.6 Å². The predicted octanol–water partition coefficient (Wildman–Crippen LogP) is 1.03. The Bertz CT molecular complexity index is 360. The van der Waals surface area contributed by atoms with Gasteiger partial charge in [0.05, 0.1) is 6.04 Å². The predicted molar refractivity (Wildman–Crippen MR) is 67.6 cm³/mol. The molecule has 4 N–H and O–H groups in total. The molecule has 94 valence electrons. The molecular formula is C13H20N2O2. The van der Waals surface area contributed by atoms with E-state index in [1.807, 2.05) is 13.8 Å². The van der Waals surface area contributed by atoms with Crippen LogP contribution >= 0.6 is 0 Å². The number of aromatic hydroxyl groups is 1. The van der Waals surface area contributed by atoms with Crippen molar-refractivity contribution in [2.24, 2.45) is 11.7 Å². The minimum atomic E-state index is -0.543. The van der Waals surface area contributed by atoms with Crippen LogP contribution in [0.4, 0.5) is 0 Å². The molecule has 0 fully saturated rings. The number of nitrogens with one attached hydrogen (secondary N) is 1. The lowest BCUT2D eigenvalue weighted by atomic mass is 10.1. The molecule has 1 aromatic rings. The van der Waals surface area contributed by atoms with E-state index in [0.29, 0.717) is 18.9 Å². The third-order valence-electron chi connectivity index (χ3n) is 2.41. The zero-order valence-electron chi connectivity index (χ0n) is 10.3. The molecule has 1 rings (SSSR count). The van der Waals surface area contributed by atoms with Crippen molar-refractivity contribution in [1.29, 1.82) is 0 Å². The fourth-order valence-corrected chi connectivity index (χ4v) is 1.41. The number of rotatable bonds is 5. The van der Waals surface area contributed by atoms with Crippen molar-refractivity contribution in [2.75, 3.05) is 6.54 Å². The summed E-state index contributed by atoms with van der Waals surface area (Å²) >= 11 is 0. The van der Waals surface area contributed by atoms with Crippen molar-refractivity contribution in [1.82, 2.24) is 5.32 Å². The molecule has 4 heteroatoms. The Labute approximate surface area is 102 Å². The Morgan fingerprint density at radius 1 is 1.35 bits per heavy atom. The zero-order chi connectivity index (χ0) is 12.8. The lowest BCUT2D eigenvalue weighted by molar-refractivity contribution is -0.122. The molecule has 0 spiro atoms. The largest absolute Gasteiger partial charge is 0.508 e. The van der Waals surface area contributed by atoms with Crippen molar-refractivity contribution in [2.45, 2.75) is 26.3 Å². The van der Waals surface area contributed by atoms with Crippen LogP contribution in [0.15, 0.2) is 24.3 Å². The van der Waals surface area contributed by atoms with Gasteiger partial charge in [0.2, 0.25) is 5.91 Å².